The molecule has 1 aliphatic rings. The zero-order valence-corrected chi connectivity index (χ0v) is 22.1. The second-order valence-corrected chi connectivity index (χ2v) is 10.2. The van der Waals surface area contributed by atoms with Gasteiger partial charge in [-0.25, -0.2) is 4.39 Å². The highest BCUT2D eigenvalue weighted by molar-refractivity contribution is 5.98. The Morgan fingerprint density at radius 1 is 1.10 bits per heavy atom. The first-order valence-electron chi connectivity index (χ1n) is 13.1. The number of benzene rings is 2. The molecule has 1 saturated carbocycles. The number of H-pyrrole nitrogens is 2. The zero-order chi connectivity index (χ0) is 27.1. The van der Waals surface area contributed by atoms with Gasteiger partial charge in [0.2, 0.25) is 0 Å². The lowest BCUT2D eigenvalue weighted by molar-refractivity contribution is 0.627. The number of aromatic amines is 2. The predicted molar refractivity (Wildman–Crippen MR) is 159 cm³/mol. The van der Waals surface area contributed by atoms with E-state index in [0.29, 0.717) is 5.92 Å². The molecule has 0 bridgehead atoms. The first kappa shape index (κ1) is 24.6. The quantitative estimate of drug-likeness (QED) is 0.226. The molecule has 3 aromatic heterocycles. The number of halogens is 1. The normalized spacial score (nSPS) is 14.2. The highest BCUT2D eigenvalue weighted by Gasteiger charge is 2.24. The number of hydrogen-bond donors (Lipinski definition) is 3. The summed E-state index contributed by atoms with van der Waals surface area (Å²) in [7, 11) is 0. The molecule has 5 aromatic rings. The summed E-state index contributed by atoms with van der Waals surface area (Å²) in [4.78, 5) is 7.94. The first-order chi connectivity index (χ1) is 18.9. The summed E-state index contributed by atoms with van der Waals surface area (Å²) in [5, 5.41) is 14.0. The number of pyridine rings is 1. The number of rotatable bonds is 7. The van der Waals surface area contributed by atoms with Crippen molar-refractivity contribution >= 4 is 34.3 Å². The molecule has 0 atom stereocenters. The fraction of sp³-hybridized carbons (Fsp3) is 0.152. The van der Waals surface area contributed by atoms with Gasteiger partial charge in [-0.1, -0.05) is 37.4 Å². The molecular weight excluding hydrogens is 485 g/mol. The SMILES string of the molecule is C=C(/C=c1/c(-c2cc3c(-c4cc(C)cc(F)c4)cccc3[nH]2)n[nH]/c1=C/C)c1cncc(NC(=C)C2CC2)c1. The van der Waals surface area contributed by atoms with Crippen LogP contribution in [0.3, 0.4) is 0 Å². The minimum Gasteiger partial charge on any atom is -0.358 e. The lowest BCUT2D eigenvalue weighted by Gasteiger charge is -2.09. The minimum atomic E-state index is -0.241. The summed E-state index contributed by atoms with van der Waals surface area (Å²) < 4.78 is 14.2. The van der Waals surface area contributed by atoms with Crippen LogP contribution in [-0.2, 0) is 0 Å². The summed E-state index contributed by atoms with van der Waals surface area (Å²) >= 11 is 0. The molecule has 0 amide bonds. The zero-order valence-electron chi connectivity index (χ0n) is 22.1. The Bertz CT molecular complexity index is 1850. The molecule has 1 aliphatic carbocycles. The Morgan fingerprint density at radius 3 is 2.72 bits per heavy atom. The van der Waals surface area contributed by atoms with Crippen LogP contribution in [0.1, 0.15) is 30.9 Å². The van der Waals surface area contributed by atoms with Crippen LogP contribution in [0.4, 0.5) is 10.1 Å². The average Bonchev–Trinajstić information content (AvgIpc) is 3.56. The number of nitrogens with zero attached hydrogens (tertiary/aromatic N) is 2. The van der Waals surface area contributed by atoms with Crippen molar-refractivity contribution in [2.45, 2.75) is 26.7 Å². The van der Waals surface area contributed by atoms with Crippen molar-refractivity contribution in [2.24, 2.45) is 5.92 Å². The van der Waals surface area contributed by atoms with Crippen LogP contribution in [0.25, 0.3) is 51.1 Å². The smallest absolute Gasteiger partial charge is 0.124 e. The summed E-state index contributed by atoms with van der Waals surface area (Å²) in [5.41, 5.74) is 8.98. The molecule has 6 rings (SSSR count). The van der Waals surface area contributed by atoms with Crippen LogP contribution in [-0.4, -0.2) is 20.2 Å². The third-order valence-corrected chi connectivity index (χ3v) is 7.20. The van der Waals surface area contributed by atoms with E-state index in [1.54, 1.807) is 18.3 Å². The molecule has 2 aromatic carbocycles. The van der Waals surface area contributed by atoms with Gasteiger partial charge in [0.05, 0.1) is 22.9 Å². The topological polar surface area (TPSA) is 69.4 Å². The number of hydrogen-bond acceptors (Lipinski definition) is 3. The monoisotopic (exact) mass is 515 g/mol. The molecule has 0 saturated heterocycles. The molecule has 0 aliphatic heterocycles. The van der Waals surface area contributed by atoms with Crippen LogP contribution in [0.2, 0.25) is 0 Å². The van der Waals surface area contributed by atoms with E-state index in [4.69, 9.17) is 0 Å². The van der Waals surface area contributed by atoms with Gasteiger partial charge >= 0.3 is 0 Å². The Kier molecular flexibility index (Phi) is 6.23. The van der Waals surface area contributed by atoms with Crippen molar-refractivity contribution < 1.29 is 4.39 Å². The van der Waals surface area contributed by atoms with Crippen molar-refractivity contribution in [3.8, 4) is 22.5 Å². The molecule has 1 fully saturated rings. The minimum absolute atomic E-state index is 0.241. The second kappa shape index (κ2) is 9.87. The van der Waals surface area contributed by atoms with E-state index in [9.17, 15) is 4.39 Å². The molecule has 0 spiro atoms. The standard InChI is InChI=1S/C33H30FN5/c1-5-30-29(13-20(3)24-15-26(18-35-17-24)36-21(4)22-9-10-22)33(39-38-30)32-16-28-27(7-6-8-31(28)37-32)23-11-19(2)12-25(34)14-23/h5-8,11-18,22,36-38H,3-4,9-10H2,1-2H3/b29-13+,30-5+. The van der Waals surface area contributed by atoms with Crippen molar-refractivity contribution in [3.05, 3.63) is 107 Å². The Morgan fingerprint density at radius 2 is 1.95 bits per heavy atom. The van der Waals surface area contributed by atoms with E-state index in [2.05, 4.69) is 44.7 Å². The molecule has 194 valence electrons. The molecule has 39 heavy (non-hydrogen) atoms. The fourth-order valence-electron chi connectivity index (χ4n) is 5.02. The number of nitrogens with one attached hydrogen (secondary N) is 3. The van der Waals surface area contributed by atoms with Gasteiger partial charge in [0, 0.05) is 33.6 Å². The number of aromatic nitrogens is 4. The Hall–Kier alpha value is -4.71. The van der Waals surface area contributed by atoms with Crippen molar-refractivity contribution in [1.82, 2.24) is 20.2 Å². The summed E-state index contributed by atoms with van der Waals surface area (Å²) in [5.74, 6) is 0.315. The van der Waals surface area contributed by atoms with E-state index >= 15 is 0 Å². The van der Waals surface area contributed by atoms with E-state index < -0.39 is 0 Å². The lowest BCUT2D eigenvalue weighted by atomic mass is 9.99. The third kappa shape index (κ3) is 4.93. The number of aryl methyl sites for hydroxylation is 1. The van der Waals surface area contributed by atoms with Gasteiger partial charge in [-0.05, 0) is 91.3 Å². The Labute approximate surface area is 226 Å². The van der Waals surface area contributed by atoms with Crippen LogP contribution >= 0.6 is 0 Å². The largest absolute Gasteiger partial charge is 0.358 e. The lowest BCUT2D eigenvalue weighted by Crippen LogP contribution is -2.23. The molecule has 0 radical (unpaired) electrons. The van der Waals surface area contributed by atoms with E-state index in [1.165, 1.54) is 12.8 Å². The van der Waals surface area contributed by atoms with Crippen molar-refractivity contribution in [1.29, 1.82) is 0 Å². The maximum atomic E-state index is 14.2. The second-order valence-electron chi connectivity index (χ2n) is 10.2. The van der Waals surface area contributed by atoms with Gasteiger partial charge in [-0.15, -0.1) is 0 Å². The number of anilines is 1. The van der Waals surface area contributed by atoms with Crippen molar-refractivity contribution in [3.63, 3.8) is 0 Å². The van der Waals surface area contributed by atoms with Gasteiger partial charge in [0.15, 0.2) is 0 Å². The van der Waals surface area contributed by atoms with Crippen LogP contribution < -0.4 is 15.9 Å². The molecule has 0 unspecified atom stereocenters. The van der Waals surface area contributed by atoms with E-state index in [-0.39, 0.29) is 5.82 Å². The molecule has 6 heteroatoms. The molecule has 5 nitrogen and oxygen atoms in total. The molecule has 3 heterocycles. The van der Waals surface area contributed by atoms with E-state index in [1.807, 2.05) is 62.5 Å². The highest BCUT2D eigenvalue weighted by atomic mass is 19.1. The average molecular weight is 516 g/mol. The van der Waals surface area contributed by atoms with Crippen LogP contribution in [0.15, 0.2) is 79.8 Å². The summed E-state index contributed by atoms with van der Waals surface area (Å²) in [6.45, 7) is 12.4. The summed E-state index contributed by atoms with van der Waals surface area (Å²) in [6, 6.07) is 15.3. The van der Waals surface area contributed by atoms with E-state index in [0.717, 1.165) is 72.1 Å². The number of fused-ring (bicyclic) bond motifs is 1. The van der Waals surface area contributed by atoms with Gasteiger partial charge in [-0.3, -0.25) is 10.1 Å². The molecule has 3 N–H and O–H groups in total. The number of allylic oxidation sites excluding steroid dienone is 2. The Balaban J connectivity index is 1.40. The first-order valence-corrected chi connectivity index (χ1v) is 13.1. The fourth-order valence-corrected chi connectivity index (χ4v) is 5.02. The van der Waals surface area contributed by atoms with Crippen LogP contribution in [0.5, 0.6) is 0 Å². The maximum absolute atomic E-state index is 14.2. The molecular formula is C33H30FN5. The highest BCUT2D eigenvalue weighted by Crippen LogP contribution is 2.36. The van der Waals surface area contributed by atoms with Gasteiger partial charge in [-0.2, -0.15) is 5.10 Å². The maximum Gasteiger partial charge on any atom is 0.124 e. The van der Waals surface area contributed by atoms with Crippen LogP contribution in [0, 0.1) is 18.7 Å². The summed E-state index contributed by atoms with van der Waals surface area (Å²) in [6.07, 6.45) is 10.0. The predicted octanol–water partition coefficient (Wildman–Crippen LogP) is 6.70. The van der Waals surface area contributed by atoms with Gasteiger partial charge < -0.3 is 10.3 Å². The van der Waals surface area contributed by atoms with Crippen molar-refractivity contribution in [2.75, 3.05) is 5.32 Å². The third-order valence-electron chi connectivity index (χ3n) is 7.20. The van der Waals surface area contributed by atoms with Gasteiger partial charge in [0.1, 0.15) is 11.5 Å². The van der Waals surface area contributed by atoms with Gasteiger partial charge in [0.25, 0.3) is 0 Å².